The highest BCUT2D eigenvalue weighted by Gasteiger charge is 2.15. The number of thiophene rings is 1. The molecule has 0 saturated heterocycles. The van der Waals surface area contributed by atoms with Crippen LogP contribution in [0.5, 0.6) is 0 Å². The second-order valence-corrected chi connectivity index (χ2v) is 4.44. The van der Waals surface area contributed by atoms with E-state index in [0.29, 0.717) is 6.42 Å². The highest BCUT2D eigenvalue weighted by molar-refractivity contribution is 7.10. The fourth-order valence-electron chi connectivity index (χ4n) is 1.76. The molecule has 76 valence electrons. The molecule has 0 aliphatic carbocycles. The van der Waals surface area contributed by atoms with Crippen molar-refractivity contribution in [1.29, 1.82) is 0 Å². The smallest absolute Gasteiger partial charge is 0.303 e. The zero-order valence-electron chi connectivity index (χ0n) is 7.88. The average molecular weight is 211 g/mol. The molecule has 0 aromatic carbocycles. The van der Waals surface area contributed by atoms with Gasteiger partial charge in [0.15, 0.2) is 0 Å². The van der Waals surface area contributed by atoms with Gasteiger partial charge in [-0.15, -0.1) is 11.3 Å². The SMILES string of the molecule is O=C(O)CCc1scc2c1CCCN2. The third-order valence-corrected chi connectivity index (χ3v) is 3.55. The molecule has 14 heavy (non-hydrogen) atoms. The molecule has 4 heteroatoms. The van der Waals surface area contributed by atoms with Gasteiger partial charge in [-0.3, -0.25) is 4.79 Å². The largest absolute Gasteiger partial charge is 0.481 e. The zero-order valence-corrected chi connectivity index (χ0v) is 8.69. The van der Waals surface area contributed by atoms with Crippen molar-refractivity contribution in [3.05, 3.63) is 15.8 Å². The van der Waals surface area contributed by atoms with Gasteiger partial charge in [0.05, 0.1) is 6.42 Å². The predicted molar refractivity (Wildman–Crippen MR) is 57.1 cm³/mol. The summed E-state index contributed by atoms with van der Waals surface area (Å²) in [6, 6.07) is 0. The predicted octanol–water partition coefficient (Wildman–Crippen LogP) is 2.12. The van der Waals surface area contributed by atoms with Gasteiger partial charge in [0.1, 0.15) is 0 Å². The van der Waals surface area contributed by atoms with Gasteiger partial charge in [-0.05, 0) is 24.8 Å². The zero-order chi connectivity index (χ0) is 9.97. The van der Waals surface area contributed by atoms with Crippen LogP contribution >= 0.6 is 11.3 Å². The lowest BCUT2D eigenvalue weighted by Gasteiger charge is -2.14. The van der Waals surface area contributed by atoms with E-state index in [1.165, 1.54) is 16.1 Å². The first kappa shape index (κ1) is 9.52. The molecular formula is C10H13NO2S. The van der Waals surface area contributed by atoms with Gasteiger partial charge in [0.25, 0.3) is 0 Å². The molecule has 0 unspecified atom stereocenters. The van der Waals surface area contributed by atoms with Gasteiger partial charge in [0, 0.05) is 22.5 Å². The molecule has 2 rings (SSSR count). The van der Waals surface area contributed by atoms with Crippen LogP contribution in [0.15, 0.2) is 5.38 Å². The summed E-state index contributed by atoms with van der Waals surface area (Å²) in [7, 11) is 0. The fourth-order valence-corrected chi connectivity index (χ4v) is 2.82. The van der Waals surface area contributed by atoms with Crippen LogP contribution in [0.25, 0.3) is 0 Å². The number of aryl methyl sites for hydroxylation is 1. The topological polar surface area (TPSA) is 49.3 Å². The van der Waals surface area contributed by atoms with Crippen molar-refractivity contribution >= 4 is 23.0 Å². The highest BCUT2D eigenvalue weighted by atomic mass is 32.1. The summed E-state index contributed by atoms with van der Waals surface area (Å²) < 4.78 is 0. The molecular weight excluding hydrogens is 198 g/mol. The molecule has 1 aromatic heterocycles. The molecule has 0 spiro atoms. The van der Waals surface area contributed by atoms with Crippen LogP contribution in [-0.4, -0.2) is 17.6 Å². The van der Waals surface area contributed by atoms with Crippen LogP contribution < -0.4 is 5.32 Å². The van der Waals surface area contributed by atoms with Gasteiger partial charge >= 0.3 is 5.97 Å². The van der Waals surface area contributed by atoms with Gasteiger partial charge in [-0.2, -0.15) is 0 Å². The van der Waals surface area contributed by atoms with E-state index in [1.54, 1.807) is 11.3 Å². The fraction of sp³-hybridized carbons (Fsp3) is 0.500. The van der Waals surface area contributed by atoms with Crippen LogP contribution in [0.3, 0.4) is 0 Å². The van der Waals surface area contributed by atoms with Crippen LogP contribution in [0.4, 0.5) is 5.69 Å². The minimum Gasteiger partial charge on any atom is -0.481 e. The van der Waals surface area contributed by atoms with E-state index in [4.69, 9.17) is 5.11 Å². The first-order valence-electron chi connectivity index (χ1n) is 4.82. The quantitative estimate of drug-likeness (QED) is 0.805. The maximum absolute atomic E-state index is 10.5. The van der Waals surface area contributed by atoms with E-state index in [-0.39, 0.29) is 6.42 Å². The Bertz CT molecular complexity index is 346. The first-order chi connectivity index (χ1) is 6.77. The lowest BCUT2D eigenvalue weighted by Crippen LogP contribution is -2.11. The van der Waals surface area contributed by atoms with Crippen molar-refractivity contribution in [2.75, 3.05) is 11.9 Å². The molecule has 0 atom stereocenters. The number of nitrogens with one attached hydrogen (secondary N) is 1. The second kappa shape index (κ2) is 4.00. The molecule has 3 nitrogen and oxygen atoms in total. The van der Waals surface area contributed by atoms with Crippen molar-refractivity contribution in [2.45, 2.75) is 25.7 Å². The molecule has 0 amide bonds. The van der Waals surface area contributed by atoms with E-state index in [0.717, 1.165) is 19.4 Å². The number of anilines is 1. The van der Waals surface area contributed by atoms with Gasteiger partial charge in [-0.1, -0.05) is 0 Å². The van der Waals surface area contributed by atoms with E-state index in [2.05, 4.69) is 10.7 Å². The molecule has 2 N–H and O–H groups in total. The van der Waals surface area contributed by atoms with Crippen LogP contribution in [-0.2, 0) is 17.6 Å². The summed E-state index contributed by atoms with van der Waals surface area (Å²) >= 11 is 1.68. The van der Waals surface area contributed by atoms with E-state index >= 15 is 0 Å². The number of carbonyl (C=O) groups is 1. The lowest BCUT2D eigenvalue weighted by molar-refractivity contribution is -0.136. The van der Waals surface area contributed by atoms with Crippen molar-refractivity contribution in [1.82, 2.24) is 0 Å². The number of aliphatic carboxylic acids is 1. The Morgan fingerprint density at radius 2 is 2.50 bits per heavy atom. The molecule has 0 saturated carbocycles. The molecule has 1 aromatic rings. The third-order valence-electron chi connectivity index (χ3n) is 2.47. The summed E-state index contributed by atoms with van der Waals surface area (Å²) in [5.41, 5.74) is 2.57. The Hall–Kier alpha value is -1.03. The average Bonchev–Trinajstić information content (AvgIpc) is 2.58. The van der Waals surface area contributed by atoms with E-state index in [9.17, 15) is 4.79 Å². The van der Waals surface area contributed by atoms with Crippen molar-refractivity contribution in [3.8, 4) is 0 Å². The van der Waals surface area contributed by atoms with Gasteiger partial charge < -0.3 is 10.4 Å². The van der Waals surface area contributed by atoms with Gasteiger partial charge in [-0.25, -0.2) is 0 Å². The highest BCUT2D eigenvalue weighted by Crippen LogP contribution is 2.31. The van der Waals surface area contributed by atoms with E-state index in [1.807, 2.05) is 0 Å². The summed E-state index contributed by atoms with van der Waals surface area (Å²) in [5.74, 6) is -0.712. The minimum absolute atomic E-state index is 0.243. The Balaban J connectivity index is 2.10. The summed E-state index contributed by atoms with van der Waals surface area (Å²) in [6.07, 6.45) is 3.18. The molecule has 0 bridgehead atoms. The molecule has 1 aliphatic heterocycles. The Morgan fingerprint density at radius 3 is 3.29 bits per heavy atom. The van der Waals surface area contributed by atoms with Crippen LogP contribution in [0, 0.1) is 0 Å². The number of hydrogen-bond acceptors (Lipinski definition) is 3. The molecule has 2 heterocycles. The Kier molecular flexibility index (Phi) is 2.72. The molecule has 0 radical (unpaired) electrons. The first-order valence-corrected chi connectivity index (χ1v) is 5.70. The summed E-state index contributed by atoms with van der Waals surface area (Å²) in [5, 5.41) is 14.0. The number of carboxylic acid groups (broad SMARTS) is 1. The number of fused-ring (bicyclic) bond motifs is 1. The van der Waals surface area contributed by atoms with Crippen molar-refractivity contribution < 1.29 is 9.90 Å². The number of hydrogen-bond donors (Lipinski definition) is 2. The summed E-state index contributed by atoms with van der Waals surface area (Å²) in [4.78, 5) is 11.7. The van der Waals surface area contributed by atoms with Crippen LogP contribution in [0.2, 0.25) is 0 Å². The normalized spacial score (nSPS) is 14.6. The molecule has 1 aliphatic rings. The Labute approximate surface area is 86.8 Å². The maximum atomic E-state index is 10.5. The van der Waals surface area contributed by atoms with Crippen LogP contribution in [0.1, 0.15) is 23.3 Å². The Morgan fingerprint density at radius 1 is 1.64 bits per heavy atom. The monoisotopic (exact) mass is 211 g/mol. The summed E-state index contributed by atoms with van der Waals surface area (Å²) in [6.45, 7) is 1.04. The third kappa shape index (κ3) is 1.90. The van der Waals surface area contributed by atoms with Crippen molar-refractivity contribution in [3.63, 3.8) is 0 Å². The second-order valence-electron chi connectivity index (χ2n) is 3.48. The minimum atomic E-state index is -0.712. The molecule has 0 fully saturated rings. The van der Waals surface area contributed by atoms with Gasteiger partial charge in [0.2, 0.25) is 0 Å². The lowest BCUT2D eigenvalue weighted by atomic mass is 10.0. The standard InChI is InChI=1S/C10H13NO2S/c12-10(13)4-3-9-7-2-1-5-11-8(7)6-14-9/h6,11H,1-5H2,(H,12,13). The number of carboxylic acids is 1. The van der Waals surface area contributed by atoms with E-state index < -0.39 is 5.97 Å². The number of rotatable bonds is 3. The van der Waals surface area contributed by atoms with Crippen molar-refractivity contribution in [2.24, 2.45) is 0 Å². The maximum Gasteiger partial charge on any atom is 0.303 e.